The van der Waals surface area contributed by atoms with E-state index in [0.717, 1.165) is 57.9 Å². The molecule has 2 aliphatic rings. The smallest absolute Gasteiger partial charge is 0.251 e. The number of ether oxygens (including phenoxy) is 1. The van der Waals surface area contributed by atoms with Gasteiger partial charge in [-0.25, -0.2) is 0 Å². The van der Waals surface area contributed by atoms with Crippen molar-refractivity contribution in [3.8, 4) is 0 Å². The van der Waals surface area contributed by atoms with Crippen LogP contribution in [-0.2, 0) is 16.0 Å². The van der Waals surface area contributed by atoms with E-state index in [-0.39, 0.29) is 12.0 Å². The summed E-state index contributed by atoms with van der Waals surface area (Å²) in [7, 11) is 1.82. The molecule has 2 fully saturated rings. The first-order chi connectivity index (χ1) is 13.8. The molecule has 1 amide bonds. The summed E-state index contributed by atoms with van der Waals surface area (Å²) in [5, 5.41) is 4.75. The average Bonchev–Trinajstić information content (AvgIpc) is 3.41. The van der Waals surface area contributed by atoms with Crippen LogP contribution in [-0.4, -0.2) is 79.1 Å². The Morgan fingerprint density at radius 2 is 2.04 bits per heavy atom. The zero-order valence-electron chi connectivity index (χ0n) is 16.5. The monoisotopic (exact) mass is 383 g/mol. The van der Waals surface area contributed by atoms with E-state index in [9.17, 15) is 4.79 Å². The summed E-state index contributed by atoms with van der Waals surface area (Å²) in [6, 6.07) is 8.37. The summed E-state index contributed by atoms with van der Waals surface area (Å²) in [5.41, 5.74) is 2.49. The first kappa shape index (κ1) is 18.8. The van der Waals surface area contributed by atoms with Gasteiger partial charge < -0.3 is 24.8 Å². The minimum absolute atomic E-state index is 0.152. The van der Waals surface area contributed by atoms with Gasteiger partial charge in [0, 0.05) is 63.5 Å². The largest absolute Gasteiger partial charge is 0.368 e. The van der Waals surface area contributed by atoms with E-state index in [1.165, 1.54) is 16.5 Å². The lowest BCUT2D eigenvalue weighted by Gasteiger charge is -2.37. The van der Waals surface area contributed by atoms with Crippen molar-refractivity contribution in [3.05, 3.63) is 36.0 Å². The minimum atomic E-state index is -0.222. The summed E-state index contributed by atoms with van der Waals surface area (Å²) >= 11 is 0. The Kier molecular flexibility index (Phi) is 5.81. The van der Waals surface area contributed by atoms with Crippen LogP contribution in [0.4, 0.5) is 0 Å². The molecule has 1 aromatic carbocycles. The van der Waals surface area contributed by atoms with Crippen molar-refractivity contribution in [1.82, 2.24) is 20.1 Å². The second-order valence-electron chi connectivity index (χ2n) is 7.40. The third-order valence-corrected chi connectivity index (χ3v) is 5.66. The number of rotatable bonds is 4. The lowest BCUT2D eigenvalue weighted by atomic mass is 10.1. The summed E-state index contributed by atoms with van der Waals surface area (Å²) in [5.74, 6) is 1.06. The topological polar surface area (TPSA) is 73.0 Å². The van der Waals surface area contributed by atoms with Crippen LogP contribution in [0, 0.1) is 0 Å². The van der Waals surface area contributed by atoms with Crippen molar-refractivity contribution < 1.29 is 9.53 Å². The van der Waals surface area contributed by atoms with Crippen molar-refractivity contribution in [2.45, 2.75) is 25.4 Å². The molecule has 1 unspecified atom stereocenters. The molecule has 0 spiro atoms. The average molecular weight is 383 g/mol. The van der Waals surface area contributed by atoms with Gasteiger partial charge in [0.25, 0.3) is 5.91 Å². The maximum absolute atomic E-state index is 12.5. The highest BCUT2D eigenvalue weighted by Crippen LogP contribution is 2.18. The number of para-hydroxylation sites is 1. The summed E-state index contributed by atoms with van der Waals surface area (Å²) in [6.07, 6.45) is 4.64. The Morgan fingerprint density at radius 1 is 1.25 bits per heavy atom. The number of amides is 1. The molecule has 3 heterocycles. The Balaban J connectivity index is 1.26. The fraction of sp³-hybridized carbons (Fsp3) is 0.524. The van der Waals surface area contributed by atoms with Gasteiger partial charge in [-0.05, 0) is 30.9 Å². The third-order valence-electron chi connectivity index (χ3n) is 5.66. The van der Waals surface area contributed by atoms with Gasteiger partial charge >= 0.3 is 0 Å². The second-order valence-corrected chi connectivity index (χ2v) is 7.40. The Labute approximate surface area is 165 Å². The van der Waals surface area contributed by atoms with Crippen molar-refractivity contribution in [3.63, 3.8) is 0 Å². The van der Waals surface area contributed by atoms with Crippen LogP contribution in [0.1, 0.15) is 18.4 Å². The van der Waals surface area contributed by atoms with Crippen molar-refractivity contribution in [2.75, 3.05) is 46.4 Å². The van der Waals surface area contributed by atoms with Crippen LogP contribution in [0.3, 0.4) is 0 Å². The number of fused-ring (bicyclic) bond motifs is 1. The molecule has 4 rings (SSSR count). The van der Waals surface area contributed by atoms with Crippen molar-refractivity contribution in [1.29, 1.82) is 0 Å². The molecule has 150 valence electrons. The number of carbonyl (C=O) groups is 1. The number of piperazine rings is 1. The SMILES string of the molecule is CN=C(NCCc1c[nH]c2ccccc12)N1CCN(C(=O)C2CCCO2)CC1. The maximum Gasteiger partial charge on any atom is 0.251 e. The van der Waals surface area contributed by atoms with Gasteiger partial charge in [0.1, 0.15) is 6.10 Å². The molecule has 28 heavy (non-hydrogen) atoms. The maximum atomic E-state index is 12.5. The van der Waals surface area contributed by atoms with Crippen molar-refractivity contribution in [2.24, 2.45) is 4.99 Å². The molecule has 0 radical (unpaired) electrons. The number of nitrogens with zero attached hydrogens (tertiary/aromatic N) is 3. The number of benzene rings is 1. The van der Waals surface area contributed by atoms with E-state index < -0.39 is 0 Å². The van der Waals surface area contributed by atoms with Crippen LogP contribution in [0.2, 0.25) is 0 Å². The van der Waals surface area contributed by atoms with Gasteiger partial charge in [-0.2, -0.15) is 0 Å². The molecule has 2 aromatic rings. The minimum Gasteiger partial charge on any atom is -0.368 e. The van der Waals surface area contributed by atoms with E-state index >= 15 is 0 Å². The number of hydrogen-bond acceptors (Lipinski definition) is 3. The summed E-state index contributed by atoms with van der Waals surface area (Å²) in [6.45, 7) is 4.58. The van der Waals surface area contributed by atoms with Gasteiger partial charge in [0.2, 0.25) is 0 Å². The predicted molar refractivity (Wildman–Crippen MR) is 110 cm³/mol. The number of nitrogens with one attached hydrogen (secondary N) is 2. The first-order valence-electron chi connectivity index (χ1n) is 10.2. The van der Waals surface area contributed by atoms with Gasteiger partial charge in [-0.15, -0.1) is 0 Å². The normalized spacial score (nSPS) is 20.8. The van der Waals surface area contributed by atoms with Gasteiger partial charge in [-0.1, -0.05) is 18.2 Å². The van der Waals surface area contributed by atoms with E-state index in [0.29, 0.717) is 6.61 Å². The Hall–Kier alpha value is -2.54. The highest BCUT2D eigenvalue weighted by molar-refractivity contribution is 5.84. The lowest BCUT2D eigenvalue weighted by molar-refractivity contribution is -0.142. The van der Waals surface area contributed by atoms with Gasteiger partial charge in [-0.3, -0.25) is 9.79 Å². The highest BCUT2D eigenvalue weighted by atomic mass is 16.5. The van der Waals surface area contributed by atoms with Crippen molar-refractivity contribution >= 4 is 22.8 Å². The Morgan fingerprint density at radius 3 is 2.79 bits per heavy atom. The highest BCUT2D eigenvalue weighted by Gasteiger charge is 2.30. The molecule has 2 saturated heterocycles. The fourth-order valence-electron chi connectivity index (χ4n) is 4.09. The molecular weight excluding hydrogens is 354 g/mol. The van der Waals surface area contributed by atoms with Crippen LogP contribution in [0.5, 0.6) is 0 Å². The first-order valence-corrected chi connectivity index (χ1v) is 10.2. The van der Waals surface area contributed by atoms with Crippen LogP contribution >= 0.6 is 0 Å². The van der Waals surface area contributed by atoms with Gasteiger partial charge in [0.05, 0.1) is 0 Å². The van der Waals surface area contributed by atoms with E-state index in [1.54, 1.807) is 0 Å². The molecule has 2 aliphatic heterocycles. The number of aliphatic imine (C=N–C) groups is 1. The summed E-state index contributed by atoms with van der Waals surface area (Å²) in [4.78, 5) is 24.4. The molecule has 0 saturated carbocycles. The van der Waals surface area contributed by atoms with Gasteiger partial charge in [0.15, 0.2) is 5.96 Å². The van der Waals surface area contributed by atoms with Crippen LogP contribution in [0.15, 0.2) is 35.5 Å². The quantitative estimate of drug-likeness (QED) is 0.622. The number of hydrogen-bond donors (Lipinski definition) is 2. The predicted octanol–water partition coefficient (Wildman–Crippen LogP) is 1.61. The van der Waals surface area contributed by atoms with E-state index in [2.05, 4.69) is 44.6 Å². The number of aromatic nitrogens is 1. The zero-order chi connectivity index (χ0) is 19.3. The molecule has 1 aromatic heterocycles. The van der Waals surface area contributed by atoms with E-state index in [1.807, 2.05) is 18.0 Å². The van der Waals surface area contributed by atoms with E-state index in [4.69, 9.17) is 4.74 Å². The molecular formula is C21H29N5O2. The van der Waals surface area contributed by atoms with Crippen LogP contribution < -0.4 is 5.32 Å². The molecule has 1 atom stereocenters. The molecule has 7 nitrogen and oxygen atoms in total. The standard InChI is InChI=1S/C21H29N5O2/c1-22-21(23-9-8-16-15-24-18-6-3-2-5-17(16)18)26-12-10-25(11-13-26)20(27)19-7-4-14-28-19/h2-3,5-6,15,19,24H,4,7-14H2,1H3,(H,22,23). The molecule has 7 heteroatoms. The number of aromatic amines is 1. The molecule has 2 N–H and O–H groups in total. The molecule has 0 bridgehead atoms. The number of H-pyrrole nitrogens is 1. The van der Waals surface area contributed by atoms with Crippen LogP contribution in [0.25, 0.3) is 10.9 Å². The Bertz CT molecular complexity index is 832. The lowest BCUT2D eigenvalue weighted by Crippen LogP contribution is -2.55. The second kappa shape index (κ2) is 8.65. The summed E-state index contributed by atoms with van der Waals surface area (Å²) < 4.78 is 5.54. The number of guanidine groups is 1. The molecule has 0 aliphatic carbocycles. The third kappa shape index (κ3) is 3.99. The zero-order valence-corrected chi connectivity index (χ0v) is 16.5. The fourth-order valence-corrected chi connectivity index (χ4v) is 4.09. The number of carbonyl (C=O) groups excluding carboxylic acids is 1.